The Morgan fingerprint density at radius 1 is 0.491 bits per heavy atom. The molecule has 9 aromatic rings. The van der Waals surface area contributed by atoms with E-state index in [9.17, 15) is 0 Å². The summed E-state index contributed by atoms with van der Waals surface area (Å²) in [5.74, 6) is 2.74. The quantitative estimate of drug-likeness (QED) is 0.156. The molecule has 4 heteroatoms. The molecule has 0 aliphatic carbocycles. The molecule has 1 aliphatic heterocycles. The summed E-state index contributed by atoms with van der Waals surface area (Å²) in [5.41, 5.74) is 15.1. The molecule has 0 radical (unpaired) electrons. The zero-order valence-electron chi connectivity index (χ0n) is 32.1. The molecule has 0 N–H and O–H groups in total. The fraction of sp³-hybridized carbons (Fsp3) is 0.0943. The summed E-state index contributed by atoms with van der Waals surface area (Å²) in [6, 6.07) is 66.2. The highest BCUT2D eigenvalue weighted by Gasteiger charge is 2.37. The standard InChI is InChI=1S/C53H41N3O/c1-53(2)45-26-15-24-43(36-17-6-3-7-18-36)50(45)57-51-44(25-16-27-46(51)53)42-34-32-39(52-55-48-28-12-13-30-49(48)56(52)41-22-10-5-11-23-41)35-38(42)31-33-40-21-14-29-47(54-40)37-19-8-4-9-20-37/h3-30,32,34-35H,31,33H2,1-2H3. The average molecular weight is 736 g/mol. The minimum Gasteiger partial charge on any atom is -0.455 e. The Bertz CT molecular complexity index is 2890. The van der Waals surface area contributed by atoms with Gasteiger partial charge in [-0.3, -0.25) is 9.55 Å². The van der Waals surface area contributed by atoms with Crippen LogP contribution in [0.5, 0.6) is 11.5 Å². The molecule has 2 aromatic heterocycles. The van der Waals surface area contributed by atoms with E-state index in [1.807, 2.05) is 6.07 Å². The number of aromatic nitrogens is 3. The molecular weight excluding hydrogens is 695 g/mol. The third kappa shape index (κ3) is 6.20. The van der Waals surface area contributed by atoms with Gasteiger partial charge in [-0.2, -0.15) is 0 Å². The predicted octanol–water partition coefficient (Wildman–Crippen LogP) is 13.3. The Morgan fingerprint density at radius 2 is 1.12 bits per heavy atom. The van der Waals surface area contributed by atoms with Gasteiger partial charge < -0.3 is 4.74 Å². The van der Waals surface area contributed by atoms with Gasteiger partial charge in [0, 0.05) is 50.2 Å². The van der Waals surface area contributed by atoms with Gasteiger partial charge in [0.05, 0.1) is 16.7 Å². The van der Waals surface area contributed by atoms with Gasteiger partial charge in [-0.15, -0.1) is 0 Å². The van der Waals surface area contributed by atoms with Crippen molar-refractivity contribution in [3.8, 4) is 62.1 Å². The minimum atomic E-state index is -0.286. The third-order valence-corrected chi connectivity index (χ3v) is 11.4. The van der Waals surface area contributed by atoms with Crippen molar-refractivity contribution in [2.75, 3.05) is 0 Å². The summed E-state index contributed by atoms with van der Waals surface area (Å²) >= 11 is 0. The van der Waals surface area contributed by atoms with Crippen molar-refractivity contribution in [2.45, 2.75) is 32.1 Å². The van der Waals surface area contributed by atoms with Crippen LogP contribution in [0.4, 0.5) is 0 Å². The lowest BCUT2D eigenvalue weighted by Gasteiger charge is -2.36. The maximum absolute atomic E-state index is 7.17. The number of rotatable bonds is 8. The second kappa shape index (κ2) is 14.2. The van der Waals surface area contributed by atoms with Crippen LogP contribution in [0.3, 0.4) is 0 Å². The minimum absolute atomic E-state index is 0.286. The zero-order valence-corrected chi connectivity index (χ0v) is 32.1. The van der Waals surface area contributed by atoms with Gasteiger partial charge in [-0.1, -0.05) is 159 Å². The van der Waals surface area contributed by atoms with E-state index in [4.69, 9.17) is 14.7 Å². The van der Waals surface area contributed by atoms with Crippen LogP contribution in [0.15, 0.2) is 188 Å². The molecule has 0 fully saturated rings. The largest absolute Gasteiger partial charge is 0.455 e. The number of nitrogens with zero attached hydrogens (tertiary/aromatic N) is 3. The molecule has 7 aromatic carbocycles. The molecule has 274 valence electrons. The first-order valence-electron chi connectivity index (χ1n) is 19.7. The first-order valence-corrected chi connectivity index (χ1v) is 19.7. The highest BCUT2D eigenvalue weighted by atomic mass is 16.5. The van der Waals surface area contributed by atoms with E-state index >= 15 is 0 Å². The van der Waals surface area contributed by atoms with Gasteiger partial charge in [-0.05, 0) is 72.0 Å². The van der Waals surface area contributed by atoms with E-state index < -0.39 is 0 Å². The van der Waals surface area contributed by atoms with Crippen LogP contribution in [0.25, 0.3) is 61.6 Å². The predicted molar refractivity (Wildman–Crippen MR) is 233 cm³/mol. The Hall–Kier alpha value is -7.04. The molecule has 57 heavy (non-hydrogen) atoms. The van der Waals surface area contributed by atoms with Crippen molar-refractivity contribution in [2.24, 2.45) is 0 Å². The van der Waals surface area contributed by atoms with Crippen LogP contribution in [0.2, 0.25) is 0 Å². The molecule has 0 saturated heterocycles. The lowest BCUT2D eigenvalue weighted by molar-refractivity contribution is 0.421. The van der Waals surface area contributed by atoms with Crippen molar-refractivity contribution in [1.82, 2.24) is 14.5 Å². The summed E-state index contributed by atoms with van der Waals surface area (Å²) in [6.45, 7) is 4.63. The van der Waals surface area contributed by atoms with Crippen molar-refractivity contribution >= 4 is 11.0 Å². The van der Waals surface area contributed by atoms with E-state index in [1.54, 1.807) is 0 Å². The summed E-state index contributed by atoms with van der Waals surface area (Å²) in [7, 11) is 0. The highest BCUT2D eigenvalue weighted by molar-refractivity contribution is 5.86. The number of imidazole rings is 1. The average Bonchev–Trinajstić information content (AvgIpc) is 3.66. The van der Waals surface area contributed by atoms with Gasteiger partial charge in [0.25, 0.3) is 0 Å². The van der Waals surface area contributed by atoms with Gasteiger partial charge in [0.2, 0.25) is 0 Å². The van der Waals surface area contributed by atoms with Crippen molar-refractivity contribution in [3.05, 3.63) is 210 Å². The molecular formula is C53H41N3O. The van der Waals surface area contributed by atoms with E-state index in [-0.39, 0.29) is 5.41 Å². The molecule has 0 unspecified atom stereocenters. The Morgan fingerprint density at radius 3 is 1.88 bits per heavy atom. The van der Waals surface area contributed by atoms with Crippen LogP contribution in [0.1, 0.15) is 36.2 Å². The fourth-order valence-electron chi connectivity index (χ4n) is 8.49. The van der Waals surface area contributed by atoms with Gasteiger partial charge in [0.15, 0.2) is 0 Å². The van der Waals surface area contributed by atoms with E-state index in [0.717, 1.165) is 91.7 Å². The molecule has 0 atom stereocenters. The summed E-state index contributed by atoms with van der Waals surface area (Å²) in [6.07, 6.45) is 1.55. The lowest BCUT2D eigenvalue weighted by atomic mass is 9.73. The van der Waals surface area contributed by atoms with Crippen LogP contribution in [-0.2, 0) is 18.3 Å². The number of hydrogen-bond donors (Lipinski definition) is 0. The number of pyridine rings is 1. The number of fused-ring (bicyclic) bond motifs is 3. The first-order chi connectivity index (χ1) is 28.0. The summed E-state index contributed by atoms with van der Waals surface area (Å²) in [4.78, 5) is 10.4. The van der Waals surface area contributed by atoms with E-state index in [1.165, 1.54) is 16.7 Å². The molecule has 1 aliphatic rings. The normalized spacial score (nSPS) is 12.8. The lowest BCUT2D eigenvalue weighted by Crippen LogP contribution is -2.25. The SMILES string of the molecule is CC1(C)c2cccc(-c3ccccc3)c2Oc2c(-c3ccc(-c4nc5ccccc5n4-c4ccccc4)cc3CCc3cccc(-c4ccccc4)n3)cccc21. The van der Waals surface area contributed by atoms with Gasteiger partial charge in [-0.25, -0.2) is 4.98 Å². The molecule has 3 heterocycles. The second-order valence-electron chi connectivity index (χ2n) is 15.3. The number of benzene rings is 7. The van der Waals surface area contributed by atoms with Crippen LogP contribution in [-0.4, -0.2) is 14.5 Å². The van der Waals surface area contributed by atoms with Crippen molar-refractivity contribution < 1.29 is 4.74 Å². The maximum Gasteiger partial charge on any atom is 0.145 e. The van der Waals surface area contributed by atoms with E-state index in [0.29, 0.717) is 0 Å². The monoisotopic (exact) mass is 735 g/mol. The van der Waals surface area contributed by atoms with Crippen molar-refractivity contribution in [3.63, 3.8) is 0 Å². The van der Waals surface area contributed by atoms with Crippen LogP contribution in [0, 0.1) is 0 Å². The molecule has 0 bridgehead atoms. The van der Waals surface area contributed by atoms with Crippen LogP contribution < -0.4 is 4.74 Å². The van der Waals surface area contributed by atoms with Crippen molar-refractivity contribution in [1.29, 1.82) is 0 Å². The number of aryl methyl sites for hydroxylation is 2. The Balaban J connectivity index is 1.13. The fourth-order valence-corrected chi connectivity index (χ4v) is 8.49. The Labute approximate surface area is 333 Å². The summed E-state index contributed by atoms with van der Waals surface area (Å²) in [5, 5.41) is 0. The number of ether oxygens (including phenoxy) is 1. The Kier molecular flexibility index (Phi) is 8.60. The van der Waals surface area contributed by atoms with E-state index in [2.05, 4.69) is 200 Å². The maximum atomic E-state index is 7.17. The molecule has 0 saturated carbocycles. The molecule has 0 spiro atoms. The smallest absolute Gasteiger partial charge is 0.145 e. The third-order valence-electron chi connectivity index (χ3n) is 11.4. The first kappa shape index (κ1) is 34.5. The van der Waals surface area contributed by atoms with Crippen LogP contribution >= 0.6 is 0 Å². The highest BCUT2D eigenvalue weighted by Crippen LogP contribution is 2.54. The van der Waals surface area contributed by atoms with Gasteiger partial charge in [0.1, 0.15) is 17.3 Å². The second-order valence-corrected chi connectivity index (χ2v) is 15.3. The summed E-state index contributed by atoms with van der Waals surface area (Å²) < 4.78 is 9.44. The molecule has 10 rings (SSSR count). The van der Waals surface area contributed by atoms with Gasteiger partial charge >= 0.3 is 0 Å². The number of para-hydroxylation sites is 5. The molecule has 0 amide bonds. The topological polar surface area (TPSA) is 39.9 Å². The molecule has 4 nitrogen and oxygen atoms in total. The zero-order chi connectivity index (χ0) is 38.3. The number of hydrogen-bond acceptors (Lipinski definition) is 3.